The molecule has 1 fully saturated rings. The molecule has 0 saturated carbocycles. The maximum atomic E-state index is 12.2. The van der Waals surface area contributed by atoms with Crippen molar-refractivity contribution in [1.29, 1.82) is 0 Å². The van der Waals surface area contributed by atoms with Crippen LogP contribution in [0.1, 0.15) is 6.23 Å². The molecule has 27 heavy (non-hydrogen) atoms. The highest BCUT2D eigenvalue weighted by atomic mass is 32.1. The zero-order valence-corrected chi connectivity index (χ0v) is 15.3. The molecule has 2 aromatic heterocycles. The molecule has 17 heteroatoms. The summed E-state index contributed by atoms with van der Waals surface area (Å²) < 4.78 is 21.1. The van der Waals surface area contributed by atoms with Crippen LogP contribution in [0.2, 0.25) is 0 Å². The number of hydrogen-bond acceptors (Lipinski definition) is 12. The van der Waals surface area contributed by atoms with Crippen molar-refractivity contribution in [3.63, 3.8) is 0 Å². The topological polar surface area (TPSA) is 280 Å². The Morgan fingerprint density at radius 2 is 1.93 bits per heavy atom. The van der Waals surface area contributed by atoms with E-state index in [1.165, 1.54) is 0 Å². The van der Waals surface area contributed by atoms with E-state index in [4.69, 9.17) is 20.3 Å². The van der Waals surface area contributed by atoms with E-state index in [9.17, 15) is 24.4 Å². The van der Waals surface area contributed by atoms with E-state index in [0.717, 1.165) is 4.57 Å². The summed E-state index contributed by atoms with van der Waals surface area (Å²) in [5.41, 5.74) is 4.65. The van der Waals surface area contributed by atoms with Crippen molar-refractivity contribution in [3.05, 3.63) is 20.0 Å². The van der Waals surface area contributed by atoms with Gasteiger partial charge in [-0.3, -0.25) is 23.7 Å². The predicted molar refractivity (Wildman–Crippen MR) is 92.9 cm³/mol. The molecule has 1 aliphatic rings. The minimum atomic E-state index is -4.82. The number of thiazole rings is 1. The number of rotatable bonds is 4. The quantitative estimate of drug-likeness (QED) is 0.239. The van der Waals surface area contributed by atoms with Crippen LogP contribution in [0.3, 0.4) is 0 Å². The Labute approximate surface area is 153 Å². The summed E-state index contributed by atoms with van der Waals surface area (Å²) in [5, 5.41) is 20.1. The first-order chi connectivity index (χ1) is 11.6. The molecule has 0 bridgehead atoms. The molecule has 2 aromatic rings. The average molecular weight is 430 g/mol. The minimum absolute atomic E-state index is 0. The van der Waals surface area contributed by atoms with E-state index in [-0.39, 0.29) is 28.6 Å². The van der Waals surface area contributed by atoms with Crippen LogP contribution in [0.15, 0.2) is 9.59 Å². The van der Waals surface area contributed by atoms with Crippen LogP contribution in [0.5, 0.6) is 0 Å². The fourth-order valence-electron chi connectivity index (χ4n) is 2.42. The lowest BCUT2D eigenvalue weighted by Crippen LogP contribution is -2.34. The van der Waals surface area contributed by atoms with E-state index in [1.54, 1.807) is 0 Å². The lowest BCUT2D eigenvalue weighted by molar-refractivity contribution is -0.0511. The van der Waals surface area contributed by atoms with Crippen LogP contribution in [0, 0.1) is 0 Å². The Hall–Kier alpha value is -1.72. The van der Waals surface area contributed by atoms with E-state index >= 15 is 0 Å². The van der Waals surface area contributed by atoms with Gasteiger partial charge in [0, 0.05) is 0 Å². The van der Waals surface area contributed by atoms with Gasteiger partial charge in [-0.25, -0.2) is 4.57 Å². The highest BCUT2D eigenvalue weighted by Crippen LogP contribution is 2.38. The summed E-state index contributed by atoms with van der Waals surface area (Å²) >= 11 is 0.540. The van der Waals surface area contributed by atoms with Crippen molar-refractivity contribution in [1.82, 2.24) is 26.8 Å². The third kappa shape index (κ3) is 4.41. The molecule has 0 spiro atoms. The number of nitrogens with one attached hydrogen (secondary N) is 1. The summed E-state index contributed by atoms with van der Waals surface area (Å²) in [5.74, 6) is -0.265. The molecule has 15 nitrogen and oxygen atoms in total. The molecule has 1 saturated heterocycles. The smallest absolute Gasteiger partial charge is 0.387 e. The van der Waals surface area contributed by atoms with Crippen molar-refractivity contribution < 1.29 is 33.8 Å². The van der Waals surface area contributed by atoms with Gasteiger partial charge in [-0.15, -0.1) is 0 Å². The predicted octanol–water partition coefficient (Wildman–Crippen LogP) is -2.22. The van der Waals surface area contributed by atoms with E-state index in [2.05, 4.69) is 14.5 Å². The van der Waals surface area contributed by atoms with Crippen molar-refractivity contribution in [3.8, 4) is 0 Å². The molecule has 1 aliphatic heterocycles. The molecule has 13 N–H and O–H groups in total. The first kappa shape index (κ1) is 23.3. The number of aliphatic hydroxyl groups excluding tert-OH is 2. The fraction of sp³-hybridized carbons (Fsp3) is 0.500. The molecule has 0 amide bonds. The first-order valence-electron chi connectivity index (χ1n) is 6.71. The Morgan fingerprint density at radius 1 is 1.30 bits per heavy atom. The molecular formula is C10H19N6O9PS. The highest BCUT2D eigenvalue weighted by molar-refractivity contribution is 7.46. The van der Waals surface area contributed by atoms with Gasteiger partial charge < -0.3 is 42.8 Å². The summed E-state index contributed by atoms with van der Waals surface area (Å²) in [6.07, 6.45) is -6.01. The van der Waals surface area contributed by atoms with Gasteiger partial charge in [0.05, 0.1) is 6.61 Å². The standard InChI is InChI=1S/C10H13N4O9PS.2H3N/c11-9-12-6-5(7(17)13-9)25-10(18)14(6)8-4(16)3(15)2(23-8)1-22-24(19,20)21;;/h2-4,8,15-16H,1H2,(H2,19,20,21)(H3,11,12,13,17);2*1H3/t2-,3-,4-,8-;;/m1../s1. The molecule has 3 rings (SSSR count). The van der Waals surface area contributed by atoms with Gasteiger partial charge >= 0.3 is 12.7 Å². The van der Waals surface area contributed by atoms with Crippen LogP contribution >= 0.6 is 19.2 Å². The van der Waals surface area contributed by atoms with Crippen LogP contribution in [0.25, 0.3) is 10.3 Å². The van der Waals surface area contributed by atoms with Gasteiger partial charge in [0.15, 0.2) is 11.9 Å². The van der Waals surface area contributed by atoms with Crippen molar-refractivity contribution >= 4 is 35.5 Å². The van der Waals surface area contributed by atoms with Gasteiger partial charge in [0.2, 0.25) is 5.95 Å². The van der Waals surface area contributed by atoms with Crippen molar-refractivity contribution in [2.24, 2.45) is 0 Å². The molecule has 0 radical (unpaired) electrons. The maximum Gasteiger partial charge on any atom is 0.469 e. The molecule has 0 aromatic carbocycles. The van der Waals surface area contributed by atoms with Gasteiger partial charge in [-0.1, -0.05) is 11.3 Å². The third-order valence-corrected chi connectivity index (χ3v) is 4.92. The lowest BCUT2D eigenvalue weighted by atomic mass is 10.1. The van der Waals surface area contributed by atoms with Gasteiger partial charge in [0.1, 0.15) is 23.0 Å². The van der Waals surface area contributed by atoms with Crippen LogP contribution in [0.4, 0.5) is 5.95 Å². The second-order valence-electron chi connectivity index (χ2n) is 5.17. The monoisotopic (exact) mass is 430 g/mol. The third-order valence-electron chi connectivity index (χ3n) is 3.49. The average Bonchev–Trinajstić information content (AvgIpc) is 2.95. The number of nitrogens with zero attached hydrogens (tertiary/aromatic N) is 2. The molecule has 154 valence electrons. The number of aromatic amines is 1. The number of H-pyrrole nitrogens is 1. The van der Waals surface area contributed by atoms with Gasteiger partial charge in [-0.05, 0) is 0 Å². The Kier molecular flexibility index (Phi) is 7.00. The van der Waals surface area contributed by atoms with E-state index in [1.807, 2.05) is 0 Å². The van der Waals surface area contributed by atoms with Crippen LogP contribution in [-0.4, -0.2) is 59.5 Å². The second kappa shape index (κ2) is 8.11. The number of hydrogen-bond donors (Lipinski definition) is 8. The zero-order chi connectivity index (χ0) is 18.5. The number of nitrogens with two attached hydrogens (primary N) is 1. The first-order valence-corrected chi connectivity index (χ1v) is 9.05. The molecule has 0 aliphatic carbocycles. The molecular weight excluding hydrogens is 411 g/mol. The summed E-state index contributed by atoms with van der Waals surface area (Å²) in [6, 6.07) is 0. The lowest BCUT2D eigenvalue weighted by Gasteiger charge is -2.16. The SMILES string of the molecule is N.N.Nc1nc2c(sc(=O)n2[C@@H]2O[C@H](COP(=O)(O)O)[C@@H](O)[C@H]2O)c(=O)[nH]1. The number of fused-ring (bicyclic) bond motifs is 1. The largest absolute Gasteiger partial charge is 0.469 e. The van der Waals surface area contributed by atoms with E-state index < -0.39 is 49.4 Å². The highest BCUT2D eigenvalue weighted by Gasteiger charge is 2.46. The minimum Gasteiger partial charge on any atom is -0.387 e. The maximum absolute atomic E-state index is 12.2. The van der Waals surface area contributed by atoms with E-state index in [0.29, 0.717) is 11.3 Å². The summed E-state index contributed by atoms with van der Waals surface area (Å²) in [6.45, 7) is -0.730. The van der Waals surface area contributed by atoms with Crippen molar-refractivity contribution in [2.45, 2.75) is 24.5 Å². The molecule has 0 unspecified atom stereocenters. The zero-order valence-electron chi connectivity index (χ0n) is 13.6. The van der Waals surface area contributed by atoms with Crippen LogP contribution < -0.4 is 28.5 Å². The van der Waals surface area contributed by atoms with Gasteiger partial charge in [-0.2, -0.15) is 4.98 Å². The summed E-state index contributed by atoms with van der Waals surface area (Å²) in [4.78, 5) is 46.8. The number of anilines is 1. The van der Waals surface area contributed by atoms with Gasteiger partial charge in [0.25, 0.3) is 5.56 Å². The number of aromatic nitrogens is 3. The number of phosphoric ester groups is 1. The number of nitrogen functional groups attached to an aromatic ring is 1. The number of ether oxygens (including phenoxy) is 1. The Balaban J connectivity index is 0.00000182. The normalized spacial score (nSPS) is 25.2. The summed E-state index contributed by atoms with van der Waals surface area (Å²) in [7, 11) is -4.82. The number of aliphatic hydroxyl groups is 2. The Bertz CT molecular complexity index is 968. The molecule has 4 atom stereocenters. The Morgan fingerprint density at radius 3 is 2.52 bits per heavy atom. The fourth-order valence-corrected chi connectivity index (χ4v) is 3.60. The van der Waals surface area contributed by atoms with Crippen molar-refractivity contribution in [2.75, 3.05) is 12.3 Å². The second-order valence-corrected chi connectivity index (χ2v) is 7.38. The molecule has 3 heterocycles. The number of phosphoric acid groups is 1. The van der Waals surface area contributed by atoms with Crippen LogP contribution in [-0.2, 0) is 13.8 Å².